The summed E-state index contributed by atoms with van der Waals surface area (Å²) in [7, 11) is 0. The molecular weight excluding hydrogens is 198 g/mol. The molecule has 0 radical (unpaired) electrons. The summed E-state index contributed by atoms with van der Waals surface area (Å²) >= 11 is 0. The zero-order chi connectivity index (χ0) is 10.9. The van der Waals surface area contributed by atoms with Crippen LogP contribution in [-0.4, -0.2) is 16.1 Å². The normalized spacial score (nSPS) is 10.5. The number of rotatable bonds is 2. The summed E-state index contributed by atoms with van der Waals surface area (Å²) in [6.07, 6.45) is -3.04. The highest BCUT2D eigenvalue weighted by atomic mass is 19.3. The molecule has 0 aliphatic heterocycles. The Hall–Kier alpha value is -1.92. The van der Waals surface area contributed by atoms with Crippen LogP contribution in [0.4, 0.5) is 14.6 Å². The van der Waals surface area contributed by atoms with Crippen LogP contribution >= 0.6 is 0 Å². The molecule has 0 aliphatic carbocycles. The molecule has 0 unspecified atom stereocenters. The highest BCUT2D eigenvalue weighted by Crippen LogP contribution is 2.25. The van der Waals surface area contributed by atoms with Crippen molar-refractivity contribution >= 4 is 11.8 Å². The Morgan fingerprint density at radius 3 is 2.57 bits per heavy atom. The third-order valence-electron chi connectivity index (χ3n) is 1.56. The Labute approximate surface area is 76.2 Å². The summed E-state index contributed by atoms with van der Waals surface area (Å²) in [5, 5.41) is 8.52. The van der Waals surface area contributed by atoms with Crippen molar-refractivity contribution in [2.24, 2.45) is 0 Å². The number of aromatic nitrogens is 1. The average molecular weight is 204 g/mol. The molecule has 76 valence electrons. The fourth-order valence-corrected chi connectivity index (χ4v) is 1.00. The van der Waals surface area contributed by atoms with Gasteiger partial charge in [0, 0.05) is 6.07 Å². The highest BCUT2D eigenvalue weighted by molar-refractivity contribution is 5.90. The van der Waals surface area contributed by atoms with E-state index in [9.17, 15) is 18.4 Å². The lowest BCUT2D eigenvalue weighted by atomic mass is 10.1. The Morgan fingerprint density at radius 1 is 1.57 bits per heavy atom. The van der Waals surface area contributed by atoms with E-state index in [1.54, 1.807) is 0 Å². The zero-order valence-corrected chi connectivity index (χ0v) is 6.75. The summed E-state index contributed by atoms with van der Waals surface area (Å²) in [5.74, 6) is -2.23. The molecule has 0 saturated carbocycles. The van der Waals surface area contributed by atoms with Gasteiger partial charge in [-0.1, -0.05) is 0 Å². The van der Waals surface area contributed by atoms with E-state index in [0.717, 1.165) is 0 Å². The molecule has 0 spiro atoms. The molecule has 4 N–H and O–H groups in total. The third-order valence-corrected chi connectivity index (χ3v) is 1.56. The number of aromatic amines is 1. The number of pyridine rings is 1. The van der Waals surface area contributed by atoms with Crippen molar-refractivity contribution in [2.45, 2.75) is 6.43 Å². The molecular formula is C7H6F2N2O3. The van der Waals surface area contributed by atoms with Gasteiger partial charge in [0.05, 0.1) is 11.1 Å². The Kier molecular flexibility index (Phi) is 2.50. The first-order chi connectivity index (χ1) is 6.43. The van der Waals surface area contributed by atoms with Crippen molar-refractivity contribution in [1.29, 1.82) is 0 Å². The minimum absolute atomic E-state index is 0.570. The third kappa shape index (κ3) is 1.70. The van der Waals surface area contributed by atoms with E-state index in [2.05, 4.69) is 0 Å². The standard InChI is InChI=1S/C7H6F2N2O3/c8-5(9)4-2(7(13)14)1-3(12)11-6(4)10/h1,5H,(H,13,14)(H3,10,11,12). The molecule has 5 nitrogen and oxygen atoms in total. The first-order valence-corrected chi connectivity index (χ1v) is 3.47. The van der Waals surface area contributed by atoms with E-state index in [0.29, 0.717) is 6.07 Å². The number of nitrogen functional groups attached to an aromatic ring is 1. The van der Waals surface area contributed by atoms with Gasteiger partial charge in [-0.15, -0.1) is 0 Å². The molecule has 0 fully saturated rings. The predicted molar refractivity (Wildman–Crippen MR) is 43.4 cm³/mol. The topological polar surface area (TPSA) is 96.2 Å². The average Bonchev–Trinajstić information content (AvgIpc) is 2.01. The van der Waals surface area contributed by atoms with Crippen LogP contribution < -0.4 is 11.3 Å². The molecule has 0 saturated heterocycles. The monoisotopic (exact) mass is 204 g/mol. The summed E-state index contributed by atoms with van der Waals surface area (Å²) < 4.78 is 24.6. The number of nitrogens with one attached hydrogen (secondary N) is 1. The molecule has 7 heteroatoms. The first-order valence-electron chi connectivity index (χ1n) is 3.47. The smallest absolute Gasteiger partial charge is 0.336 e. The number of hydrogen-bond acceptors (Lipinski definition) is 3. The lowest BCUT2D eigenvalue weighted by Crippen LogP contribution is -2.16. The Morgan fingerprint density at radius 2 is 2.14 bits per heavy atom. The minimum atomic E-state index is -3.04. The highest BCUT2D eigenvalue weighted by Gasteiger charge is 2.22. The van der Waals surface area contributed by atoms with Gasteiger partial charge in [-0.3, -0.25) is 4.79 Å². The minimum Gasteiger partial charge on any atom is -0.478 e. The molecule has 0 atom stereocenters. The molecule has 0 aliphatic rings. The largest absolute Gasteiger partial charge is 0.478 e. The van der Waals surface area contributed by atoms with E-state index in [4.69, 9.17) is 10.8 Å². The summed E-state index contributed by atoms with van der Waals surface area (Å²) in [5.41, 5.74) is 2.59. The number of carbonyl (C=O) groups is 1. The number of halogens is 2. The summed E-state index contributed by atoms with van der Waals surface area (Å²) in [6.45, 7) is 0. The number of H-pyrrole nitrogens is 1. The fraction of sp³-hybridized carbons (Fsp3) is 0.143. The van der Waals surface area contributed by atoms with E-state index in [1.165, 1.54) is 0 Å². The predicted octanol–water partition coefficient (Wildman–Crippen LogP) is 0.593. The molecule has 14 heavy (non-hydrogen) atoms. The van der Waals surface area contributed by atoms with Crippen LogP contribution in [0.1, 0.15) is 22.3 Å². The zero-order valence-electron chi connectivity index (χ0n) is 6.75. The SMILES string of the molecule is Nc1[nH]c(=O)cc(C(=O)O)c1C(F)F. The second-order valence-electron chi connectivity index (χ2n) is 2.48. The van der Waals surface area contributed by atoms with E-state index >= 15 is 0 Å². The van der Waals surface area contributed by atoms with E-state index in [-0.39, 0.29) is 0 Å². The molecule has 1 heterocycles. The summed E-state index contributed by atoms with van der Waals surface area (Å²) in [6, 6.07) is 0.570. The van der Waals surface area contributed by atoms with Gasteiger partial charge in [0.25, 0.3) is 6.43 Å². The van der Waals surface area contributed by atoms with Crippen molar-refractivity contribution in [3.05, 3.63) is 27.5 Å². The number of alkyl halides is 2. The quantitative estimate of drug-likeness (QED) is 0.656. The van der Waals surface area contributed by atoms with Crippen molar-refractivity contribution < 1.29 is 18.7 Å². The molecule has 0 aromatic carbocycles. The van der Waals surface area contributed by atoms with Crippen molar-refractivity contribution in [3.8, 4) is 0 Å². The van der Waals surface area contributed by atoms with Crippen molar-refractivity contribution in [3.63, 3.8) is 0 Å². The number of carboxylic acids is 1. The van der Waals surface area contributed by atoms with E-state index < -0.39 is 34.9 Å². The Balaban J connectivity index is 3.52. The Bertz CT molecular complexity index is 427. The lowest BCUT2D eigenvalue weighted by molar-refractivity contribution is 0.0684. The molecule has 0 bridgehead atoms. The van der Waals surface area contributed by atoms with E-state index in [1.807, 2.05) is 4.98 Å². The van der Waals surface area contributed by atoms with Crippen molar-refractivity contribution in [1.82, 2.24) is 4.98 Å². The van der Waals surface area contributed by atoms with Gasteiger partial charge in [0.2, 0.25) is 5.56 Å². The maximum Gasteiger partial charge on any atom is 0.336 e. The van der Waals surface area contributed by atoms with Crippen LogP contribution in [0.3, 0.4) is 0 Å². The fourth-order valence-electron chi connectivity index (χ4n) is 1.00. The second-order valence-corrected chi connectivity index (χ2v) is 2.48. The van der Waals surface area contributed by atoms with Gasteiger partial charge in [0.1, 0.15) is 5.82 Å². The number of aromatic carboxylic acids is 1. The number of carboxylic acid groups (broad SMARTS) is 1. The van der Waals surface area contributed by atoms with Crippen LogP contribution in [0.2, 0.25) is 0 Å². The van der Waals surface area contributed by atoms with Crippen LogP contribution in [-0.2, 0) is 0 Å². The first kappa shape index (κ1) is 10.2. The summed E-state index contributed by atoms with van der Waals surface area (Å²) in [4.78, 5) is 23.1. The van der Waals surface area contributed by atoms with Crippen LogP contribution in [0.5, 0.6) is 0 Å². The van der Waals surface area contributed by atoms with Gasteiger partial charge < -0.3 is 15.8 Å². The van der Waals surface area contributed by atoms with Crippen molar-refractivity contribution in [2.75, 3.05) is 5.73 Å². The lowest BCUT2D eigenvalue weighted by Gasteiger charge is -2.06. The van der Waals surface area contributed by atoms with Gasteiger partial charge in [0.15, 0.2) is 0 Å². The number of nitrogens with two attached hydrogens (primary N) is 1. The van der Waals surface area contributed by atoms with Crippen LogP contribution in [0, 0.1) is 0 Å². The molecule has 1 aromatic heterocycles. The van der Waals surface area contributed by atoms with Crippen LogP contribution in [0.25, 0.3) is 0 Å². The van der Waals surface area contributed by atoms with Gasteiger partial charge >= 0.3 is 5.97 Å². The molecule has 1 rings (SSSR count). The van der Waals surface area contributed by atoms with Gasteiger partial charge in [-0.2, -0.15) is 0 Å². The second kappa shape index (κ2) is 3.44. The van der Waals surface area contributed by atoms with Gasteiger partial charge in [-0.25, -0.2) is 13.6 Å². The maximum absolute atomic E-state index is 12.3. The maximum atomic E-state index is 12.3. The number of hydrogen-bond donors (Lipinski definition) is 3. The molecule has 0 amide bonds. The molecule has 1 aromatic rings. The van der Waals surface area contributed by atoms with Crippen LogP contribution in [0.15, 0.2) is 10.9 Å². The number of anilines is 1. The van der Waals surface area contributed by atoms with Gasteiger partial charge in [-0.05, 0) is 0 Å².